The molecule has 2 saturated heterocycles. The van der Waals surface area contributed by atoms with Crippen LogP contribution in [0.15, 0.2) is 12.7 Å². The third kappa shape index (κ3) is 1.54. The lowest BCUT2D eigenvalue weighted by Crippen LogP contribution is -2.52. The molecular weight excluding hydrogens is 158 g/mol. The van der Waals surface area contributed by atoms with Crippen LogP contribution in [0.2, 0.25) is 0 Å². The minimum atomic E-state index is 0.415. The molecule has 2 atom stereocenters. The van der Waals surface area contributed by atoms with Gasteiger partial charge in [-0.15, -0.1) is 6.58 Å². The van der Waals surface area contributed by atoms with Crippen molar-refractivity contribution in [1.82, 2.24) is 4.90 Å². The van der Waals surface area contributed by atoms with Gasteiger partial charge in [-0.05, 0) is 52.0 Å². The van der Waals surface area contributed by atoms with E-state index in [9.17, 15) is 0 Å². The molecule has 0 radical (unpaired) electrons. The van der Waals surface area contributed by atoms with Crippen molar-refractivity contribution < 1.29 is 0 Å². The average Bonchev–Trinajstić information content (AvgIpc) is 2.51. The van der Waals surface area contributed by atoms with Crippen molar-refractivity contribution in [2.75, 3.05) is 6.54 Å². The smallest absolute Gasteiger partial charge is 0.0161 e. The van der Waals surface area contributed by atoms with E-state index in [1.807, 2.05) is 0 Å². The Balaban J connectivity index is 2.15. The second kappa shape index (κ2) is 3.13. The van der Waals surface area contributed by atoms with Crippen molar-refractivity contribution in [3.8, 4) is 0 Å². The molecule has 2 fully saturated rings. The van der Waals surface area contributed by atoms with E-state index in [1.165, 1.54) is 32.2 Å². The van der Waals surface area contributed by atoms with Crippen LogP contribution in [-0.4, -0.2) is 23.0 Å². The molecule has 0 aromatic carbocycles. The summed E-state index contributed by atoms with van der Waals surface area (Å²) >= 11 is 0. The van der Waals surface area contributed by atoms with Gasteiger partial charge in [-0.1, -0.05) is 6.08 Å². The zero-order valence-corrected chi connectivity index (χ0v) is 8.92. The highest BCUT2D eigenvalue weighted by molar-refractivity contribution is 5.01. The van der Waals surface area contributed by atoms with Crippen molar-refractivity contribution in [2.45, 2.75) is 51.1 Å². The van der Waals surface area contributed by atoms with Gasteiger partial charge in [0.25, 0.3) is 0 Å². The number of allylic oxidation sites excluding steroid dienone is 1. The summed E-state index contributed by atoms with van der Waals surface area (Å²) in [5.74, 6) is 0.759. The van der Waals surface area contributed by atoms with Crippen LogP contribution in [0.25, 0.3) is 0 Å². The maximum atomic E-state index is 3.95. The maximum Gasteiger partial charge on any atom is 0.0161 e. The zero-order chi connectivity index (χ0) is 9.47. The summed E-state index contributed by atoms with van der Waals surface area (Å²) in [5, 5.41) is 0. The fourth-order valence-corrected chi connectivity index (χ4v) is 3.25. The lowest BCUT2D eigenvalue weighted by molar-refractivity contribution is 0.0375. The second-order valence-electron chi connectivity index (χ2n) is 5.24. The summed E-state index contributed by atoms with van der Waals surface area (Å²) < 4.78 is 0. The van der Waals surface area contributed by atoms with Crippen LogP contribution in [-0.2, 0) is 0 Å². The van der Waals surface area contributed by atoms with Crippen molar-refractivity contribution in [1.29, 1.82) is 0 Å². The Hall–Kier alpha value is -0.300. The number of nitrogens with zero attached hydrogens (tertiary/aromatic N) is 1. The van der Waals surface area contributed by atoms with Gasteiger partial charge in [0.15, 0.2) is 0 Å². The van der Waals surface area contributed by atoms with Crippen molar-refractivity contribution >= 4 is 0 Å². The second-order valence-corrected chi connectivity index (χ2v) is 5.24. The SMILES string of the molecule is C=CC1CC2CCCN2C(C)(C)C1. The first kappa shape index (κ1) is 9.26. The molecule has 0 aromatic heterocycles. The Bertz CT molecular complexity index is 207. The average molecular weight is 179 g/mol. The van der Waals surface area contributed by atoms with E-state index in [2.05, 4.69) is 31.4 Å². The molecule has 2 heterocycles. The van der Waals surface area contributed by atoms with Gasteiger partial charge in [-0.2, -0.15) is 0 Å². The standard InChI is InChI=1S/C12H21N/c1-4-10-8-11-6-5-7-13(11)12(2,3)9-10/h4,10-11H,1,5-9H2,2-3H3. The van der Waals surface area contributed by atoms with Gasteiger partial charge >= 0.3 is 0 Å². The molecule has 0 bridgehead atoms. The van der Waals surface area contributed by atoms with Crippen LogP contribution in [0, 0.1) is 5.92 Å². The first-order valence-corrected chi connectivity index (χ1v) is 5.53. The van der Waals surface area contributed by atoms with Crippen LogP contribution in [0.3, 0.4) is 0 Å². The topological polar surface area (TPSA) is 3.24 Å². The first-order valence-electron chi connectivity index (χ1n) is 5.53. The van der Waals surface area contributed by atoms with E-state index < -0.39 is 0 Å². The van der Waals surface area contributed by atoms with Gasteiger partial charge in [0.2, 0.25) is 0 Å². The van der Waals surface area contributed by atoms with Crippen LogP contribution in [0.4, 0.5) is 0 Å². The molecular formula is C12H21N. The fourth-order valence-electron chi connectivity index (χ4n) is 3.25. The van der Waals surface area contributed by atoms with E-state index >= 15 is 0 Å². The van der Waals surface area contributed by atoms with E-state index in [0.717, 1.165) is 12.0 Å². The van der Waals surface area contributed by atoms with Crippen LogP contribution in [0.5, 0.6) is 0 Å². The molecule has 2 aliphatic rings. The summed E-state index contributed by atoms with van der Waals surface area (Å²) in [5.41, 5.74) is 0.415. The molecule has 0 spiro atoms. The minimum Gasteiger partial charge on any atom is -0.295 e. The predicted molar refractivity (Wildman–Crippen MR) is 56.7 cm³/mol. The third-order valence-corrected chi connectivity index (χ3v) is 3.82. The van der Waals surface area contributed by atoms with Gasteiger partial charge in [0, 0.05) is 11.6 Å². The molecule has 2 unspecified atom stereocenters. The van der Waals surface area contributed by atoms with E-state index in [-0.39, 0.29) is 0 Å². The Labute approximate surface area is 81.8 Å². The quantitative estimate of drug-likeness (QED) is 0.559. The fraction of sp³-hybridized carbons (Fsp3) is 0.833. The Morgan fingerprint density at radius 1 is 1.46 bits per heavy atom. The van der Waals surface area contributed by atoms with E-state index in [0.29, 0.717) is 5.54 Å². The number of fused-ring (bicyclic) bond motifs is 1. The lowest BCUT2D eigenvalue weighted by atomic mass is 9.80. The zero-order valence-electron chi connectivity index (χ0n) is 8.92. The monoisotopic (exact) mass is 179 g/mol. The lowest BCUT2D eigenvalue weighted by Gasteiger charge is -2.47. The first-order chi connectivity index (χ1) is 6.13. The molecule has 13 heavy (non-hydrogen) atoms. The third-order valence-electron chi connectivity index (χ3n) is 3.82. The highest BCUT2D eigenvalue weighted by atomic mass is 15.2. The Morgan fingerprint density at radius 3 is 2.92 bits per heavy atom. The van der Waals surface area contributed by atoms with Crippen molar-refractivity contribution in [3.63, 3.8) is 0 Å². The highest BCUT2D eigenvalue weighted by Crippen LogP contribution is 2.40. The molecule has 0 N–H and O–H groups in total. The molecule has 2 rings (SSSR count). The summed E-state index contributed by atoms with van der Waals surface area (Å²) in [4.78, 5) is 2.72. The summed E-state index contributed by atoms with van der Waals surface area (Å²) in [7, 11) is 0. The van der Waals surface area contributed by atoms with Crippen molar-refractivity contribution in [3.05, 3.63) is 12.7 Å². The number of rotatable bonds is 1. The van der Waals surface area contributed by atoms with Crippen molar-refractivity contribution in [2.24, 2.45) is 5.92 Å². The normalized spacial score (nSPS) is 38.6. The number of hydrogen-bond acceptors (Lipinski definition) is 1. The van der Waals surface area contributed by atoms with Gasteiger partial charge < -0.3 is 0 Å². The molecule has 1 heteroatoms. The predicted octanol–water partition coefficient (Wildman–Crippen LogP) is 2.83. The summed E-state index contributed by atoms with van der Waals surface area (Å²) in [6.45, 7) is 10.0. The van der Waals surface area contributed by atoms with E-state index in [1.54, 1.807) is 0 Å². The van der Waals surface area contributed by atoms with Gasteiger partial charge in [0.05, 0.1) is 0 Å². The molecule has 2 aliphatic heterocycles. The van der Waals surface area contributed by atoms with Gasteiger partial charge in [0.1, 0.15) is 0 Å². The van der Waals surface area contributed by atoms with Gasteiger partial charge in [-0.25, -0.2) is 0 Å². The minimum absolute atomic E-state index is 0.415. The van der Waals surface area contributed by atoms with Crippen LogP contribution >= 0.6 is 0 Å². The molecule has 0 amide bonds. The van der Waals surface area contributed by atoms with Crippen LogP contribution < -0.4 is 0 Å². The molecule has 0 saturated carbocycles. The Morgan fingerprint density at radius 2 is 2.23 bits per heavy atom. The summed E-state index contributed by atoms with van der Waals surface area (Å²) in [6.07, 6.45) is 7.63. The Kier molecular flexibility index (Phi) is 2.23. The molecule has 74 valence electrons. The number of piperidine rings is 1. The molecule has 1 nitrogen and oxygen atoms in total. The van der Waals surface area contributed by atoms with E-state index in [4.69, 9.17) is 0 Å². The molecule has 0 aliphatic carbocycles. The van der Waals surface area contributed by atoms with Gasteiger partial charge in [-0.3, -0.25) is 4.90 Å². The highest BCUT2D eigenvalue weighted by Gasteiger charge is 2.41. The maximum absolute atomic E-state index is 3.95. The van der Waals surface area contributed by atoms with Crippen LogP contribution in [0.1, 0.15) is 39.5 Å². The molecule has 0 aromatic rings. The number of hydrogen-bond donors (Lipinski definition) is 0. The largest absolute Gasteiger partial charge is 0.295 e. The summed E-state index contributed by atoms with van der Waals surface area (Å²) in [6, 6.07) is 0.853.